The Morgan fingerprint density at radius 1 is 1.14 bits per heavy atom. The van der Waals surface area contributed by atoms with Gasteiger partial charge >= 0.3 is 0 Å². The molecule has 0 aliphatic heterocycles. The Bertz CT molecular complexity index is 1140. The molecule has 1 saturated carbocycles. The summed E-state index contributed by atoms with van der Waals surface area (Å²) in [6.45, 7) is 4.24. The SMILES string of the molecule is Cc1ncccc1C=CC1=CCC2C3=C(C=C4C(O)C(O)C(N(C)C)CC4(O)CC3)C(O)CC12C. The molecule has 1 fully saturated rings. The summed E-state index contributed by atoms with van der Waals surface area (Å²) in [5.74, 6) is 0.239. The molecule has 6 heteroatoms. The third-order valence-corrected chi connectivity index (χ3v) is 9.16. The van der Waals surface area contributed by atoms with Crippen molar-refractivity contribution in [3.63, 3.8) is 0 Å². The predicted octanol–water partition coefficient (Wildman–Crippen LogP) is 2.92. The topological polar surface area (TPSA) is 97.1 Å². The number of nitrogens with zero attached hydrogens (tertiary/aromatic N) is 2. The molecule has 0 aromatic carbocycles. The quantitative estimate of drug-likeness (QED) is 0.534. The first-order valence-electron chi connectivity index (χ1n) is 12.7. The lowest BCUT2D eigenvalue weighted by atomic mass is 9.62. The number of fused-ring (bicyclic) bond motifs is 3. The molecule has 7 unspecified atom stereocenters. The van der Waals surface area contributed by atoms with Crippen LogP contribution in [0, 0.1) is 18.3 Å². The fourth-order valence-electron chi connectivity index (χ4n) is 6.99. The van der Waals surface area contributed by atoms with Gasteiger partial charge in [0.05, 0.1) is 17.8 Å². The minimum atomic E-state index is -1.20. The molecule has 0 radical (unpaired) electrons. The molecule has 0 saturated heterocycles. The summed E-state index contributed by atoms with van der Waals surface area (Å²) in [6.07, 6.45) is 10.3. The van der Waals surface area contributed by atoms with Gasteiger partial charge in [0.25, 0.3) is 0 Å². The maximum absolute atomic E-state index is 11.7. The largest absolute Gasteiger partial charge is 0.388 e. The van der Waals surface area contributed by atoms with Gasteiger partial charge in [-0.05, 0) is 87.4 Å². The molecule has 4 aliphatic carbocycles. The number of hydrogen-bond donors (Lipinski definition) is 4. The molecule has 1 aromatic heterocycles. The van der Waals surface area contributed by atoms with Gasteiger partial charge in [-0.3, -0.25) is 4.98 Å². The Balaban J connectivity index is 1.47. The lowest BCUT2D eigenvalue weighted by Gasteiger charge is -2.46. The summed E-state index contributed by atoms with van der Waals surface area (Å²) in [5.41, 5.74) is 4.36. The van der Waals surface area contributed by atoms with Crippen LogP contribution in [0.15, 0.2) is 58.9 Å². The van der Waals surface area contributed by atoms with Crippen molar-refractivity contribution in [2.45, 2.75) is 75.9 Å². The highest BCUT2D eigenvalue weighted by Crippen LogP contribution is 2.58. The van der Waals surface area contributed by atoms with Gasteiger partial charge in [0.15, 0.2) is 0 Å². The number of allylic oxidation sites excluding steroid dienone is 4. The van der Waals surface area contributed by atoms with Crippen LogP contribution in [-0.4, -0.2) is 74.4 Å². The van der Waals surface area contributed by atoms with Crippen LogP contribution in [0.25, 0.3) is 6.08 Å². The lowest BCUT2D eigenvalue weighted by molar-refractivity contribution is -0.0922. The number of aryl methyl sites for hydroxylation is 1. The Hall–Kier alpha value is -2.09. The molecule has 0 amide bonds. The zero-order valence-corrected chi connectivity index (χ0v) is 21.1. The molecule has 1 aromatic rings. The highest BCUT2D eigenvalue weighted by Gasteiger charge is 2.53. The monoisotopic (exact) mass is 478 g/mol. The number of likely N-dealkylation sites (N-methyl/N-ethyl adjacent to an activating group) is 1. The van der Waals surface area contributed by atoms with E-state index < -0.39 is 23.9 Å². The molecule has 0 spiro atoms. The Kier molecular flexibility index (Phi) is 6.17. The van der Waals surface area contributed by atoms with Gasteiger partial charge in [-0.2, -0.15) is 0 Å². The second-order valence-electron chi connectivity index (χ2n) is 11.4. The minimum Gasteiger partial charge on any atom is -0.388 e. The van der Waals surface area contributed by atoms with E-state index in [1.54, 1.807) is 6.20 Å². The van der Waals surface area contributed by atoms with Gasteiger partial charge in [-0.25, -0.2) is 0 Å². The van der Waals surface area contributed by atoms with E-state index in [1.165, 1.54) is 11.1 Å². The molecule has 5 rings (SSSR count). The summed E-state index contributed by atoms with van der Waals surface area (Å²) < 4.78 is 0. The van der Waals surface area contributed by atoms with Crippen LogP contribution in [0.4, 0.5) is 0 Å². The van der Waals surface area contributed by atoms with Gasteiger partial charge in [-0.15, -0.1) is 0 Å². The number of pyridine rings is 1. The molecule has 7 atom stereocenters. The van der Waals surface area contributed by atoms with Crippen molar-refractivity contribution in [3.8, 4) is 0 Å². The number of aromatic nitrogens is 1. The summed E-state index contributed by atoms with van der Waals surface area (Å²) in [5, 5.41) is 44.8. The van der Waals surface area contributed by atoms with Crippen molar-refractivity contribution >= 4 is 6.08 Å². The summed E-state index contributed by atoms with van der Waals surface area (Å²) in [7, 11) is 3.72. The van der Waals surface area contributed by atoms with Gasteiger partial charge in [0, 0.05) is 23.3 Å². The van der Waals surface area contributed by atoms with Gasteiger partial charge in [-0.1, -0.05) is 42.9 Å². The summed E-state index contributed by atoms with van der Waals surface area (Å²) in [6, 6.07) is 3.67. The zero-order chi connectivity index (χ0) is 25.1. The number of rotatable bonds is 3. The van der Waals surface area contributed by atoms with E-state index in [1.807, 2.05) is 38.1 Å². The first-order valence-corrected chi connectivity index (χ1v) is 12.7. The van der Waals surface area contributed by atoms with E-state index in [-0.39, 0.29) is 17.4 Å². The Morgan fingerprint density at radius 2 is 1.91 bits per heavy atom. The molecule has 1 heterocycles. The van der Waals surface area contributed by atoms with E-state index in [0.717, 1.165) is 23.3 Å². The third kappa shape index (κ3) is 3.96. The maximum Gasteiger partial charge on any atom is 0.105 e. The van der Waals surface area contributed by atoms with E-state index in [2.05, 4.69) is 36.2 Å². The Morgan fingerprint density at radius 3 is 2.63 bits per heavy atom. The first-order chi connectivity index (χ1) is 16.5. The number of hydrogen-bond acceptors (Lipinski definition) is 6. The van der Waals surface area contributed by atoms with Crippen molar-refractivity contribution in [1.29, 1.82) is 0 Å². The first kappa shape index (κ1) is 24.6. The molecular formula is C29H38N2O4. The molecule has 4 N–H and O–H groups in total. The highest BCUT2D eigenvalue weighted by molar-refractivity contribution is 5.57. The second-order valence-corrected chi connectivity index (χ2v) is 11.4. The fraction of sp³-hybridized carbons (Fsp3) is 0.552. The van der Waals surface area contributed by atoms with E-state index in [4.69, 9.17) is 0 Å². The summed E-state index contributed by atoms with van der Waals surface area (Å²) >= 11 is 0. The second kappa shape index (κ2) is 8.79. The molecule has 35 heavy (non-hydrogen) atoms. The van der Waals surface area contributed by atoms with Crippen LogP contribution in [-0.2, 0) is 0 Å². The molecular weight excluding hydrogens is 440 g/mol. The van der Waals surface area contributed by atoms with Crippen LogP contribution < -0.4 is 0 Å². The molecule has 188 valence electrons. The van der Waals surface area contributed by atoms with Crippen molar-refractivity contribution in [1.82, 2.24) is 9.88 Å². The average molecular weight is 479 g/mol. The molecule has 0 bridgehead atoms. The van der Waals surface area contributed by atoms with E-state index in [9.17, 15) is 20.4 Å². The Labute approximate surface area is 208 Å². The van der Waals surface area contributed by atoms with Crippen molar-refractivity contribution in [3.05, 3.63) is 70.1 Å². The lowest BCUT2D eigenvalue weighted by Crippen LogP contribution is -2.58. The van der Waals surface area contributed by atoms with Crippen LogP contribution in [0.3, 0.4) is 0 Å². The van der Waals surface area contributed by atoms with Gasteiger partial charge in [0.2, 0.25) is 0 Å². The average Bonchev–Trinajstić information content (AvgIpc) is 3.03. The standard InChI is InChI=1S/C29H38N2O4/c1-17-18(6-5-13-30-17)7-8-19-9-10-22-20-11-12-29(35)15-24(31(3)4)27(34)26(33)23(29)14-21(20)25(32)16-28(19,22)2/h5-9,13-14,22,24-27,32-35H,10-12,15-16H2,1-4H3. The molecule has 4 aliphatic rings. The highest BCUT2D eigenvalue weighted by atomic mass is 16.3. The van der Waals surface area contributed by atoms with Crippen molar-refractivity contribution in [2.75, 3.05) is 14.1 Å². The van der Waals surface area contributed by atoms with Gasteiger partial charge < -0.3 is 25.3 Å². The van der Waals surface area contributed by atoms with Crippen LogP contribution in [0.1, 0.15) is 50.3 Å². The molecule has 6 nitrogen and oxygen atoms in total. The maximum atomic E-state index is 11.7. The zero-order valence-electron chi connectivity index (χ0n) is 21.1. The normalized spacial score (nSPS) is 39.2. The van der Waals surface area contributed by atoms with Gasteiger partial charge in [0.1, 0.15) is 6.10 Å². The van der Waals surface area contributed by atoms with Crippen LogP contribution >= 0.6 is 0 Å². The fourth-order valence-corrected chi connectivity index (χ4v) is 6.99. The number of aliphatic hydroxyl groups is 4. The smallest absolute Gasteiger partial charge is 0.105 e. The van der Waals surface area contributed by atoms with E-state index >= 15 is 0 Å². The predicted molar refractivity (Wildman–Crippen MR) is 136 cm³/mol. The van der Waals surface area contributed by atoms with Crippen molar-refractivity contribution < 1.29 is 20.4 Å². The minimum absolute atomic E-state index is 0.203. The summed E-state index contributed by atoms with van der Waals surface area (Å²) in [4.78, 5) is 6.25. The number of aliphatic hydroxyl groups excluding tert-OH is 3. The van der Waals surface area contributed by atoms with Crippen LogP contribution in [0.5, 0.6) is 0 Å². The van der Waals surface area contributed by atoms with Crippen molar-refractivity contribution in [2.24, 2.45) is 11.3 Å². The van der Waals surface area contributed by atoms with E-state index in [0.29, 0.717) is 31.3 Å². The van der Waals surface area contributed by atoms with Crippen LogP contribution in [0.2, 0.25) is 0 Å². The third-order valence-electron chi connectivity index (χ3n) is 9.16.